The van der Waals surface area contributed by atoms with Crippen molar-refractivity contribution >= 4 is 17.4 Å². The molecule has 8 heteroatoms. The molecule has 2 aromatic heterocycles. The van der Waals surface area contributed by atoms with Crippen molar-refractivity contribution in [1.29, 1.82) is 0 Å². The molecule has 0 aromatic carbocycles. The second-order valence-corrected chi connectivity index (χ2v) is 6.53. The monoisotopic (exact) mass is 334 g/mol. The Balaban J connectivity index is 1.62. The molecule has 2 aromatic rings. The van der Waals surface area contributed by atoms with Crippen molar-refractivity contribution in [2.45, 2.75) is 26.3 Å². The molecule has 3 heterocycles. The fraction of sp³-hybridized carbons (Fsp3) is 0.600. The van der Waals surface area contributed by atoms with Crippen molar-refractivity contribution in [3.05, 3.63) is 28.8 Å². The molecule has 0 spiro atoms. The maximum absolute atomic E-state index is 12.7. The van der Waals surface area contributed by atoms with Crippen LogP contribution in [0.15, 0.2) is 12.4 Å². The van der Waals surface area contributed by atoms with Gasteiger partial charge in [-0.1, -0.05) is 11.4 Å². The van der Waals surface area contributed by atoms with E-state index in [4.69, 9.17) is 0 Å². The Morgan fingerprint density at radius 2 is 2.17 bits per heavy atom. The van der Waals surface area contributed by atoms with E-state index in [9.17, 15) is 4.79 Å². The summed E-state index contributed by atoms with van der Waals surface area (Å²) in [5.41, 5.74) is 0.814. The van der Waals surface area contributed by atoms with Gasteiger partial charge in [0.05, 0.1) is 12.2 Å². The van der Waals surface area contributed by atoms with Crippen LogP contribution in [0.2, 0.25) is 0 Å². The van der Waals surface area contributed by atoms with Gasteiger partial charge in [-0.2, -0.15) is 0 Å². The van der Waals surface area contributed by atoms with Crippen LogP contribution in [0.5, 0.6) is 0 Å². The number of carbonyl (C=O) groups is 1. The van der Waals surface area contributed by atoms with Gasteiger partial charge in [-0.25, -0.2) is 4.98 Å². The lowest BCUT2D eigenvalue weighted by molar-refractivity contribution is 0.0764. The molecule has 0 radical (unpaired) electrons. The van der Waals surface area contributed by atoms with E-state index in [0.29, 0.717) is 4.88 Å². The van der Waals surface area contributed by atoms with Crippen LogP contribution in [0.25, 0.3) is 0 Å². The molecule has 1 fully saturated rings. The zero-order valence-electron chi connectivity index (χ0n) is 13.6. The molecule has 0 atom stereocenters. The Bertz CT molecular complexity index is 666. The quantitative estimate of drug-likeness (QED) is 0.840. The van der Waals surface area contributed by atoms with Gasteiger partial charge in [-0.05, 0) is 24.4 Å². The van der Waals surface area contributed by atoms with E-state index in [0.717, 1.165) is 57.1 Å². The molecule has 0 saturated carbocycles. The van der Waals surface area contributed by atoms with Gasteiger partial charge < -0.3 is 9.47 Å². The first-order valence-electron chi connectivity index (χ1n) is 7.98. The number of aryl methyl sites for hydroxylation is 2. The van der Waals surface area contributed by atoms with Crippen LogP contribution < -0.4 is 0 Å². The van der Waals surface area contributed by atoms with Crippen LogP contribution in [0, 0.1) is 0 Å². The molecule has 3 rings (SSSR count). The van der Waals surface area contributed by atoms with Crippen LogP contribution >= 0.6 is 11.5 Å². The summed E-state index contributed by atoms with van der Waals surface area (Å²) in [7, 11) is 2.01. The molecular formula is C15H22N6OS. The highest BCUT2D eigenvalue weighted by atomic mass is 32.1. The largest absolute Gasteiger partial charge is 0.337 e. The zero-order valence-corrected chi connectivity index (χ0v) is 14.4. The second kappa shape index (κ2) is 7.18. The molecule has 1 amide bonds. The summed E-state index contributed by atoms with van der Waals surface area (Å²) in [6.45, 7) is 6.21. The minimum Gasteiger partial charge on any atom is -0.337 e. The van der Waals surface area contributed by atoms with Gasteiger partial charge in [0, 0.05) is 45.6 Å². The minimum atomic E-state index is 0.0793. The van der Waals surface area contributed by atoms with Crippen LogP contribution in [-0.2, 0) is 20.0 Å². The van der Waals surface area contributed by atoms with Crippen LogP contribution in [-0.4, -0.2) is 61.0 Å². The fourth-order valence-corrected chi connectivity index (χ4v) is 3.55. The first-order valence-corrected chi connectivity index (χ1v) is 8.75. The van der Waals surface area contributed by atoms with Crippen LogP contribution in [0.1, 0.15) is 34.5 Å². The highest BCUT2D eigenvalue weighted by Crippen LogP contribution is 2.16. The number of imidazole rings is 1. The van der Waals surface area contributed by atoms with E-state index >= 15 is 0 Å². The zero-order chi connectivity index (χ0) is 16.2. The molecule has 0 unspecified atom stereocenters. The number of hydrogen-bond donors (Lipinski definition) is 0. The lowest BCUT2D eigenvalue weighted by atomic mass is 10.2. The summed E-state index contributed by atoms with van der Waals surface area (Å²) < 4.78 is 5.98. The predicted molar refractivity (Wildman–Crippen MR) is 88.3 cm³/mol. The smallest absolute Gasteiger partial charge is 0.267 e. The second-order valence-electron chi connectivity index (χ2n) is 5.78. The van der Waals surface area contributed by atoms with E-state index in [1.165, 1.54) is 11.5 Å². The Hall–Kier alpha value is -1.80. The molecule has 1 saturated heterocycles. The van der Waals surface area contributed by atoms with E-state index in [1.807, 2.05) is 35.8 Å². The molecule has 0 aliphatic carbocycles. The van der Waals surface area contributed by atoms with Gasteiger partial charge in [0.2, 0.25) is 0 Å². The van der Waals surface area contributed by atoms with E-state index in [-0.39, 0.29) is 5.91 Å². The third kappa shape index (κ3) is 3.59. The lowest BCUT2D eigenvalue weighted by Gasteiger charge is -2.21. The Morgan fingerprint density at radius 1 is 1.30 bits per heavy atom. The first-order chi connectivity index (χ1) is 11.2. The van der Waals surface area contributed by atoms with Crippen molar-refractivity contribution in [1.82, 2.24) is 28.9 Å². The maximum Gasteiger partial charge on any atom is 0.267 e. The third-order valence-corrected chi connectivity index (χ3v) is 5.00. The van der Waals surface area contributed by atoms with Gasteiger partial charge >= 0.3 is 0 Å². The predicted octanol–water partition coefficient (Wildman–Crippen LogP) is 1.18. The number of nitrogens with zero attached hydrogens (tertiary/aromatic N) is 6. The van der Waals surface area contributed by atoms with Gasteiger partial charge in [0.25, 0.3) is 5.91 Å². The Labute approximate surface area is 140 Å². The van der Waals surface area contributed by atoms with Crippen molar-refractivity contribution in [2.24, 2.45) is 7.05 Å². The number of aromatic nitrogens is 4. The Kier molecular flexibility index (Phi) is 5.02. The van der Waals surface area contributed by atoms with Crippen LogP contribution in [0.3, 0.4) is 0 Å². The molecule has 124 valence electrons. The highest BCUT2D eigenvalue weighted by Gasteiger charge is 2.24. The number of hydrogen-bond acceptors (Lipinski definition) is 6. The molecule has 0 bridgehead atoms. The normalized spacial score (nSPS) is 16.5. The molecule has 0 N–H and O–H groups in total. The minimum absolute atomic E-state index is 0.0793. The molecule has 7 nitrogen and oxygen atoms in total. The lowest BCUT2D eigenvalue weighted by Crippen LogP contribution is -2.35. The number of rotatable bonds is 4. The van der Waals surface area contributed by atoms with Gasteiger partial charge in [-0.15, -0.1) is 5.10 Å². The van der Waals surface area contributed by atoms with Crippen molar-refractivity contribution in [3.63, 3.8) is 0 Å². The number of carbonyl (C=O) groups excluding carboxylic acids is 1. The van der Waals surface area contributed by atoms with E-state index in [2.05, 4.69) is 19.5 Å². The summed E-state index contributed by atoms with van der Waals surface area (Å²) >= 11 is 1.21. The average molecular weight is 334 g/mol. The number of amides is 1. The maximum atomic E-state index is 12.7. The van der Waals surface area contributed by atoms with E-state index < -0.39 is 0 Å². The summed E-state index contributed by atoms with van der Waals surface area (Å²) in [4.78, 5) is 22.1. The topological polar surface area (TPSA) is 67.2 Å². The third-order valence-electron chi connectivity index (χ3n) is 4.25. The summed E-state index contributed by atoms with van der Waals surface area (Å²) in [5, 5.41) is 4.05. The molecular weight excluding hydrogens is 312 g/mol. The standard InChI is InChI=1S/C15H22N6OS/c1-3-12-14(23-18-17-12)15(22)21-7-4-6-20(9-10-21)11-13-16-5-8-19(13)2/h5,8H,3-4,6-7,9-11H2,1-2H3. The summed E-state index contributed by atoms with van der Waals surface area (Å²) in [6, 6.07) is 0. The highest BCUT2D eigenvalue weighted by molar-refractivity contribution is 7.08. The Morgan fingerprint density at radius 3 is 2.91 bits per heavy atom. The molecule has 1 aliphatic heterocycles. The van der Waals surface area contributed by atoms with Gasteiger partial charge in [0.1, 0.15) is 10.7 Å². The summed E-state index contributed by atoms with van der Waals surface area (Å²) in [5.74, 6) is 1.14. The summed E-state index contributed by atoms with van der Waals surface area (Å²) in [6.07, 6.45) is 5.51. The van der Waals surface area contributed by atoms with Crippen molar-refractivity contribution in [2.75, 3.05) is 26.2 Å². The first kappa shape index (κ1) is 16.1. The van der Waals surface area contributed by atoms with Crippen LogP contribution in [0.4, 0.5) is 0 Å². The average Bonchev–Trinajstić information content (AvgIpc) is 3.11. The van der Waals surface area contributed by atoms with Crippen molar-refractivity contribution in [3.8, 4) is 0 Å². The van der Waals surface area contributed by atoms with E-state index in [1.54, 1.807) is 0 Å². The van der Waals surface area contributed by atoms with Crippen molar-refractivity contribution < 1.29 is 4.79 Å². The van der Waals surface area contributed by atoms with Gasteiger partial charge in [-0.3, -0.25) is 9.69 Å². The molecule has 1 aliphatic rings. The SMILES string of the molecule is CCc1nnsc1C(=O)N1CCCN(Cc2nccn2C)CC1. The molecule has 23 heavy (non-hydrogen) atoms. The fourth-order valence-electron chi connectivity index (χ4n) is 2.83. The van der Waals surface area contributed by atoms with Gasteiger partial charge in [0.15, 0.2) is 0 Å².